The van der Waals surface area contributed by atoms with E-state index in [-0.39, 0.29) is 28.8 Å². The average Bonchev–Trinajstić information content (AvgIpc) is 3.38. The largest absolute Gasteiger partial charge is 0.477 e. The maximum Gasteiger partial charge on any atom is 0.352 e. The number of oxime groups is 1. The maximum absolute atomic E-state index is 13.0. The van der Waals surface area contributed by atoms with Crippen LogP contribution in [0.1, 0.15) is 11.3 Å². The second-order valence-electron chi connectivity index (χ2n) is 7.86. The van der Waals surface area contributed by atoms with Crippen molar-refractivity contribution in [3.63, 3.8) is 0 Å². The normalized spacial score (nSPS) is 19.5. The van der Waals surface area contributed by atoms with Crippen molar-refractivity contribution in [2.24, 2.45) is 12.2 Å². The molecule has 0 aromatic carbocycles. The van der Waals surface area contributed by atoms with Gasteiger partial charge in [0.15, 0.2) is 23.2 Å². The molecule has 0 radical (unpaired) electrons. The number of rotatable bonds is 9. The fourth-order valence-corrected chi connectivity index (χ4v) is 5.95. The molecule has 0 bridgehead atoms. The number of fused-ring (bicyclic) bond motifs is 1. The number of aryl methyl sites for hydroxylation is 1. The lowest BCUT2D eigenvalue weighted by molar-refractivity contribution is -0.765. The van der Waals surface area contributed by atoms with Gasteiger partial charge in [-0.05, 0) is 6.92 Å². The Labute approximate surface area is 212 Å². The van der Waals surface area contributed by atoms with Gasteiger partial charge in [-0.3, -0.25) is 19.3 Å². The molecule has 2 aromatic heterocycles. The van der Waals surface area contributed by atoms with Crippen LogP contribution in [0.3, 0.4) is 0 Å². The van der Waals surface area contributed by atoms with E-state index in [0.29, 0.717) is 23.6 Å². The first-order chi connectivity index (χ1) is 17.2. The molecule has 14 nitrogen and oxygen atoms in total. The zero-order chi connectivity index (χ0) is 26.1. The summed E-state index contributed by atoms with van der Waals surface area (Å²) < 4.78 is 3.44. The van der Waals surface area contributed by atoms with Gasteiger partial charge >= 0.3 is 5.97 Å². The number of β-lactam (4-membered cyclic amide) rings is 1. The summed E-state index contributed by atoms with van der Waals surface area (Å²) in [7, 11) is 3.00. The van der Waals surface area contributed by atoms with E-state index in [1.807, 2.05) is 6.92 Å². The van der Waals surface area contributed by atoms with Crippen LogP contribution in [0.25, 0.3) is 0 Å². The van der Waals surface area contributed by atoms with Gasteiger partial charge in [0, 0.05) is 16.7 Å². The number of carbonyl (C=O) groups is 4. The van der Waals surface area contributed by atoms with E-state index in [2.05, 4.69) is 20.8 Å². The summed E-state index contributed by atoms with van der Waals surface area (Å²) in [6, 6.07) is -0.954. The number of carboxylic acids is 1. The number of thiazole rings is 1. The van der Waals surface area contributed by atoms with Crippen molar-refractivity contribution in [2.75, 3.05) is 23.9 Å². The average molecular weight is 536 g/mol. The molecule has 4 rings (SSSR count). The Morgan fingerprint density at radius 3 is 2.83 bits per heavy atom. The zero-order valence-electron chi connectivity index (χ0n) is 19.4. The van der Waals surface area contributed by atoms with Crippen LogP contribution in [0.2, 0.25) is 0 Å². The number of nitrogens with one attached hydrogen (secondary N) is 2. The number of anilines is 2. The lowest BCUT2D eigenvalue weighted by Crippen LogP contribution is -2.71. The number of hydrogen-bond donors (Lipinski definition) is 4. The Hall–Kier alpha value is -3.92. The van der Waals surface area contributed by atoms with Crippen LogP contribution in [0.5, 0.6) is 0 Å². The van der Waals surface area contributed by atoms with Gasteiger partial charge in [-0.2, -0.15) is 0 Å². The Kier molecular flexibility index (Phi) is 6.98. The number of nitrogen functional groups attached to an aromatic ring is 1. The summed E-state index contributed by atoms with van der Waals surface area (Å²) in [5.41, 5.74) is 6.88. The highest BCUT2D eigenvalue weighted by atomic mass is 32.2. The third-order valence-corrected chi connectivity index (χ3v) is 7.69. The van der Waals surface area contributed by atoms with Crippen molar-refractivity contribution in [1.29, 1.82) is 0 Å². The number of aliphatic carboxylic acids is 1. The molecular weight excluding hydrogens is 512 g/mol. The van der Waals surface area contributed by atoms with E-state index < -0.39 is 29.2 Å². The SMILES string of the molecule is CON=C(C(=O)N[C@@H]1C(=O)N2C(C(=O)O)=C(C[n+]3cc(C)c(NC=O)n3C)CS[C@H]12)c1csc(N)n1. The summed E-state index contributed by atoms with van der Waals surface area (Å²) in [5, 5.41) is 20.0. The van der Waals surface area contributed by atoms with Crippen LogP contribution in [-0.4, -0.2) is 73.9 Å². The highest BCUT2D eigenvalue weighted by Gasteiger charge is 2.55. The number of nitrogens with two attached hydrogens (primary N) is 1. The summed E-state index contributed by atoms with van der Waals surface area (Å²) >= 11 is 2.46. The number of carbonyl (C=O) groups excluding carboxylic acids is 3. The summed E-state index contributed by atoms with van der Waals surface area (Å²) in [5.74, 6) is -1.61. The highest BCUT2D eigenvalue weighted by molar-refractivity contribution is 8.00. The van der Waals surface area contributed by atoms with Gasteiger partial charge in [0.05, 0.1) is 12.6 Å². The third kappa shape index (κ3) is 4.39. The zero-order valence-corrected chi connectivity index (χ0v) is 21.1. The van der Waals surface area contributed by atoms with Gasteiger partial charge in [0.2, 0.25) is 12.6 Å². The van der Waals surface area contributed by atoms with Crippen molar-refractivity contribution >= 4 is 64.0 Å². The topological polar surface area (TPSA) is 185 Å². The molecule has 1 saturated heterocycles. The molecule has 190 valence electrons. The van der Waals surface area contributed by atoms with Crippen LogP contribution in [0, 0.1) is 6.92 Å². The van der Waals surface area contributed by atoms with Crippen LogP contribution < -0.4 is 21.0 Å². The van der Waals surface area contributed by atoms with Gasteiger partial charge in [-0.25, -0.2) is 9.78 Å². The monoisotopic (exact) mass is 535 g/mol. The molecule has 0 unspecified atom stereocenters. The molecule has 0 saturated carbocycles. The molecule has 2 aromatic rings. The molecule has 3 amide bonds. The lowest BCUT2D eigenvalue weighted by atomic mass is 10.0. The van der Waals surface area contributed by atoms with Gasteiger partial charge in [0.1, 0.15) is 29.9 Å². The number of aromatic nitrogens is 3. The fraction of sp³-hybridized carbons (Fsp3) is 0.350. The predicted octanol–water partition coefficient (Wildman–Crippen LogP) is -0.983. The minimum absolute atomic E-state index is 0.122. The molecule has 0 aliphatic carbocycles. The standard InChI is InChI=1S/C20H22N8O6S2/c1-9-4-27(26(2)15(9)22-8-29)5-10-6-35-18-13(17(31)28(18)14(10)19(32)33)24-16(30)12(25-34-3)11-7-36-20(21)23-11/h4,7-8,13,18H,5-6H2,1-3H3,(H4,21,23,24,30,32,33)/p+1/t13-,18-/m1/s1. The van der Waals surface area contributed by atoms with Crippen LogP contribution in [0.15, 0.2) is 28.0 Å². The quantitative estimate of drug-likeness (QED) is 0.103. The number of amides is 3. The van der Waals surface area contributed by atoms with Crippen LogP contribution >= 0.6 is 23.1 Å². The second-order valence-corrected chi connectivity index (χ2v) is 9.85. The molecule has 4 heterocycles. The molecule has 16 heteroatoms. The highest BCUT2D eigenvalue weighted by Crippen LogP contribution is 2.40. The van der Waals surface area contributed by atoms with E-state index in [1.165, 1.54) is 29.2 Å². The Bertz CT molecular complexity index is 1320. The maximum atomic E-state index is 13.0. The predicted molar refractivity (Wildman–Crippen MR) is 130 cm³/mol. The minimum atomic E-state index is -1.24. The molecular formula is C20H23N8O6S2+. The van der Waals surface area contributed by atoms with Crippen molar-refractivity contribution in [3.05, 3.63) is 34.1 Å². The molecule has 1 fully saturated rings. The smallest absolute Gasteiger partial charge is 0.352 e. The Balaban J connectivity index is 1.55. The van der Waals surface area contributed by atoms with Gasteiger partial charge < -0.3 is 26.3 Å². The Morgan fingerprint density at radius 1 is 1.47 bits per heavy atom. The van der Waals surface area contributed by atoms with E-state index in [1.54, 1.807) is 22.6 Å². The van der Waals surface area contributed by atoms with Gasteiger partial charge in [-0.15, -0.1) is 32.5 Å². The summed E-state index contributed by atoms with van der Waals surface area (Å²) in [4.78, 5) is 58.9. The van der Waals surface area contributed by atoms with E-state index >= 15 is 0 Å². The first-order valence-corrected chi connectivity index (χ1v) is 12.4. The van der Waals surface area contributed by atoms with Crippen molar-refractivity contribution in [1.82, 2.24) is 19.9 Å². The van der Waals surface area contributed by atoms with E-state index in [4.69, 9.17) is 10.6 Å². The van der Waals surface area contributed by atoms with Crippen LogP contribution in [-0.2, 0) is 37.6 Å². The number of nitrogens with zero attached hydrogens (tertiary/aromatic N) is 5. The first kappa shape index (κ1) is 25.2. The molecule has 2 aliphatic rings. The van der Waals surface area contributed by atoms with E-state index in [0.717, 1.165) is 16.9 Å². The molecule has 2 aliphatic heterocycles. The summed E-state index contributed by atoms with van der Waals surface area (Å²) in [6.07, 6.45) is 2.34. The summed E-state index contributed by atoms with van der Waals surface area (Å²) in [6.45, 7) is 2.00. The molecule has 5 N–H and O–H groups in total. The molecule has 2 atom stereocenters. The Morgan fingerprint density at radius 2 is 2.22 bits per heavy atom. The number of thioether (sulfide) groups is 1. The van der Waals surface area contributed by atoms with E-state index in [9.17, 15) is 24.3 Å². The van der Waals surface area contributed by atoms with Gasteiger partial charge in [-0.1, -0.05) is 5.16 Å². The molecule has 36 heavy (non-hydrogen) atoms. The number of hydrogen-bond acceptors (Lipinski definition) is 10. The van der Waals surface area contributed by atoms with Crippen molar-refractivity contribution in [3.8, 4) is 0 Å². The fourth-order valence-electron chi connectivity index (χ4n) is 4.07. The number of carboxylic acid groups (broad SMARTS) is 1. The van der Waals surface area contributed by atoms with Gasteiger partial charge in [0.25, 0.3) is 11.8 Å². The van der Waals surface area contributed by atoms with Crippen molar-refractivity contribution in [2.45, 2.75) is 24.9 Å². The first-order valence-electron chi connectivity index (χ1n) is 10.5. The second kappa shape index (κ2) is 9.98. The lowest BCUT2D eigenvalue weighted by Gasteiger charge is -2.49. The molecule has 0 spiro atoms. The van der Waals surface area contributed by atoms with Crippen LogP contribution in [0.4, 0.5) is 10.9 Å². The minimum Gasteiger partial charge on any atom is -0.477 e. The third-order valence-electron chi connectivity index (χ3n) is 5.67. The van der Waals surface area contributed by atoms with Crippen molar-refractivity contribution < 1.29 is 33.8 Å².